The van der Waals surface area contributed by atoms with E-state index in [-0.39, 0.29) is 5.91 Å². The molecule has 182 valence electrons. The van der Waals surface area contributed by atoms with E-state index in [0.717, 1.165) is 59.6 Å². The summed E-state index contributed by atoms with van der Waals surface area (Å²) in [6.45, 7) is 9.36. The zero-order chi connectivity index (χ0) is 25.3. The van der Waals surface area contributed by atoms with Crippen molar-refractivity contribution in [3.05, 3.63) is 101 Å². The Kier molecular flexibility index (Phi) is 8.15. The number of hydrogen-bond donors (Lipinski definition) is 2. The molecule has 0 atom stereocenters. The Balaban J connectivity index is 1.51. The van der Waals surface area contributed by atoms with Gasteiger partial charge in [-0.15, -0.1) is 0 Å². The van der Waals surface area contributed by atoms with Crippen molar-refractivity contribution in [1.82, 2.24) is 20.3 Å². The molecule has 1 aliphatic rings. The number of amides is 1. The summed E-state index contributed by atoms with van der Waals surface area (Å²) in [7, 11) is 0. The molecule has 0 unspecified atom stereocenters. The van der Waals surface area contributed by atoms with Gasteiger partial charge in [-0.1, -0.05) is 42.2 Å². The molecule has 1 aromatic heterocycles. The smallest absolute Gasteiger partial charge is 0.251 e. The van der Waals surface area contributed by atoms with Crippen LogP contribution in [0, 0.1) is 18.8 Å². The molecule has 0 aliphatic carbocycles. The number of rotatable bonds is 7. The summed E-state index contributed by atoms with van der Waals surface area (Å²) in [5.74, 6) is 7.26. The molecule has 2 heterocycles. The van der Waals surface area contributed by atoms with Gasteiger partial charge in [0.2, 0.25) is 0 Å². The van der Waals surface area contributed by atoms with E-state index < -0.39 is 0 Å². The minimum atomic E-state index is -0.108. The Labute approximate surface area is 212 Å². The maximum Gasteiger partial charge on any atom is 0.251 e. The second-order valence-corrected chi connectivity index (χ2v) is 8.78. The first kappa shape index (κ1) is 24.7. The molecule has 4 rings (SSSR count). The normalized spacial score (nSPS) is 12.6. The van der Waals surface area contributed by atoms with Crippen molar-refractivity contribution in [3.63, 3.8) is 0 Å². The summed E-state index contributed by atoms with van der Waals surface area (Å²) in [5, 5.41) is 7.19. The van der Waals surface area contributed by atoms with Crippen molar-refractivity contribution in [2.75, 3.05) is 13.1 Å². The quantitative estimate of drug-likeness (QED) is 0.370. The van der Waals surface area contributed by atoms with Crippen LogP contribution in [0.2, 0.25) is 0 Å². The van der Waals surface area contributed by atoms with Gasteiger partial charge in [-0.3, -0.25) is 4.79 Å². The van der Waals surface area contributed by atoms with Crippen molar-refractivity contribution in [2.45, 2.75) is 33.1 Å². The Morgan fingerprint density at radius 2 is 1.97 bits per heavy atom. The summed E-state index contributed by atoms with van der Waals surface area (Å²) < 4.78 is 1.98. The van der Waals surface area contributed by atoms with Gasteiger partial charge in [-0.25, -0.2) is 4.98 Å². The number of benzene rings is 2. The molecular weight excluding hydrogens is 446 g/mol. The molecule has 0 fully saturated rings. The fraction of sp³-hybridized carbons (Fsp3) is 0.233. The lowest BCUT2D eigenvalue weighted by atomic mass is 10.0. The highest BCUT2D eigenvalue weighted by Crippen LogP contribution is 2.19. The van der Waals surface area contributed by atoms with Gasteiger partial charge >= 0.3 is 0 Å². The largest absolute Gasteiger partial charge is 0.352 e. The third kappa shape index (κ3) is 6.39. The predicted molar refractivity (Wildman–Crippen MR) is 146 cm³/mol. The number of aromatic nitrogens is 2. The number of aryl methyl sites for hydroxylation is 1. The van der Waals surface area contributed by atoms with E-state index in [1.54, 1.807) is 6.20 Å². The van der Waals surface area contributed by atoms with Crippen molar-refractivity contribution in [1.29, 1.82) is 0 Å². The Morgan fingerprint density at radius 1 is 1.17 bits per heavy atom. The lowest BCUT2D eigenvalue weighted by Crippen LogP contribution is -2.24. The van der Waals surface area contributed by atoms with Crippen LogP contribution in [0.5, 0.6) is 0 Å². The second-order valence-electron chi connectivity index (χ2n) is 8.78. The lowest BCUT2D eigenvalue weighted by Gasteiger charge is -2.11. The van der Waals surface area contributed by atoms with Crippen LogP contribution in [-0.2, 0) is 0 Å². The van der Waals surface area contributed by atoms with Crippen LogP contribution < -0.4 is 10.7 Å². The first-order chi connectivity index (χ1) is 17.5. The second kappa shape index (κ2) is 11.9. The van der Waals surface area contributed by atoms with Gasteiger partial charge < -0.3 is 15.3 Å². The van der Waals surface area contributed by atoms with Crippen LogP contribution in [0.1, 0.15) is 59.1 Å². The van der Waals surface area contributed by atoms with Crippen molar-refractivity contribution >= 4 is 17.7 Å². The Bertz CT molecular complexity index is 1370. The summed E-state index contributed by atoms with van der Waals surface area (Å²) in [4.78, 5) is 17.2. The number of carbonyl (C=O) groups excluding carboxylic acids is 1. The first-order valence-electron chi connectivity index (χ1n) is 12.2. The summed E-state index contributed by atoms with van der Waals surface area (Å²) in [5.41, 5.74) is 9.42. The highest BCUT2D eigenvalue weighted by molar-refractivity contribution is 5.95. The minimum absolute atomic E-state index is 0.108. The lowest BCUT2D eigenvalue weighted by molar-refractivity contribution is 0.0953. The van der Waals surface area contributed by atoms with Crippen molar-refractivity contribution in [2.24, 2.45) is 5.10 Å². The van der Waals surface area contributed by atoms with Gasteiger partial charge in [0.05, 0.1) is 5.69 Å². The summed E-state index contributed by atoms with van der Waals surface area (Å²) >= 11 is 0. The molecule has 3 aromatic rings. The first-order valence-corrected chi connectivity index (χ1v) is 12.2. The van der Waals surface area contributed by atoms with E-state index >= 15 is 0 Å². The highest BCUT2D eigenvalue weighted by Gasteiger charge is 2.11. The van der Waals surface area contributed by atoms with Gasteiger partial charge in [0.25, 0.3) is 5.91 Å². The molecule has 0 saturated carbocycles. The van der Waals surface area contributed by atoms with E-state index in [9.17, 15) is 4.79 Å². The number of nitrogens with one attached hydrogen (secondary N) is 2. The van der Waals surface area contributed by atoms with Crippen LogP contribution in [0.25, 0.3) is 11.3 Å². The Hall–Kier alpha value is -4.37. The molecule has 0 bridgehead atoms. The third-order valence-corrected chi connectivity index (χ3v) is 5.98. The summed E-state index contributed by atoms with van der Waals surface area (Å²) in [6, 6.07) is 13.6. The van der Waals surface area contributed by atoms with Crippen LogP contribution in [0.4, 0.5) is 0 Å². The summed E-state index contributed by atoms with van der Waals surface area (Å²) in [6.07, 6.45) is 10.4. The van der Waals surface area contributed by atoms with E-state index in [1.807, 2.05) is 73.3 Å². The Morgan fingerprint density at radius 3 is 2.72 bits per heavy atom. The topological polar surface area (TPSA) is 71.3 Å². The monoisotopic (exact) mass is 477 g/mol. The molecule has 2 N–H and O–H groups in total. The maximum absolute atomic E-state index is 12.9. The van der Waals surface area contributed by atoms with Crippen LogP contribution in [0.3, 0.4) is 0 Å². The van der Waals surface area contributed by atoms with E-state index in [1.165, 1.54) is 5.57 Å². The molecule has 36 heavy (non-hydrogen) atoms. The molecule has 2 aromatic carbocycles. The molecule has 6 nitrogen and oxygen atoms in total. The van der Waals surface area contributed by atoms with Crippen LogP contribution >= 0.6 is 0 Å². The minimum Gasteiger partial charge on any atom is -0.352 e. The molecule has 6 heteroatoms. The number of hydrazone groups is 1. The van der Waals surface area contributed by atoms with Crippen molar-refractivity contribution < 1.29 is 4.79 Å². The third-order valence-electron chi connectivity index (χ3n) is 5.98. The highest BCUT2D eigenvalue weighted by atomic mass is 16.1. The van der Waals surface area contributed by atoms with Gasteiger partial charge in [0.1, 0.15) is 5.82 Å². The van der Waals surface area contributed by atoms with Gasteiger partial charge in [0, 0.05) is 48.4 Å². The zero-order valence-electron chi connectivity index (χ0n) is 20.8. The zero-order valence-corrected chi connectivity index (χ0v) is 20.8. The number of hydrogen-bond acceptors (Lipinski definition) is 4. The predicted octanol–water partition coefficient (Wildman–Crippen LogP) is 5.03. The fourth-order valence-electron chi connectivity index (χ4n) is 3.93. The van der Waals surface area contributed by atoms with Gasteiger partial charge in [0.15, 0.2) is 0 Å². The standard InChI is InChI=1S/C30H31N5O/c1-22(2)26-11-8-24(9-12-26)10-13-27-20-28(14-15-29(27)35-19-18-31-23(35)3)30(36)32-16-4-6-25-7-5-17-33-34-21-25/h7-9,11-12,14-15,18-21,33H,1,4-6,16-17H2,2-3H3,(H,32,36). The SMILES string of the molecule is C=C(C)c1ccc(C#Cc2cc(C(=O)NCCCC3=CCCNN=C3)ccc2-n2ccnc2C)cc1. The van der Waals surface area contributed by atoms with E-state index in [0.29, 0.717) is 12.1 Å². The van der Waals surface area contributed by atoms with E-state index in [4.69, 9.17) is 0 Å². The average molecular weight is 478 g/mol. The van der Waals surface area contributed by atoms with Crippen molar-refractivity contribution in [3.8, 4) is 17.5 Å². The maximum atomic E-state index is 12.9. The average Bonchev–Trinajstić information content (AvgIpc) is 3.14. The molecular formula is C30H31N5O. The molecule has 0 saturated heterocycles. The van der Waals surface area contributed by atoms with Gasteiger partial charge in [-0.05, 0) is 74.6 Å². The number of allylic oxidation sites excluding steroid dienone is 2. The van der Waals surface area contributed by atoms with Crippen LogP contribution in [0.15, 0.2) is 78.2 Å². The fourth-order valence-corrected chi connectivity index (χ4v) is 3.93. The van der Waals surface area contributed by atoms with E-state index in [2.05, 4.69) is 45.3 Å². The van der Waals surface area contributed by atoms with Crippen LogP contribution in [-0.4, -0.2) is 34.8 Å². The molecule has 0 radical (unpaired) electrons. The number of imidazole rings is 1. The molecule has 1 aliphatic heterocycles. The molecule has 1 amide bonds. The van der Waals surface area contributed by atoms with Gasteiger partial charge in [-0.2, -0.15) is 5.10 Å². The molecule has 0 spiro atoms. The number of carbonyl (C=O) groups is 1. The number of nitrogens with zero attached hydrogens (tertiary/aromatic N) is 3.